The highest BCUT2D eigenvalue weighted by Gasteiger charge is 2.53. The molecular weight excluding hydrogens is 1360 g/mol. The Morgan fingerprint density at radius 2 is 1.30 bits per heavy atom. The van der Waals surface area contributed by atoms with Crippen LogP contribution in [0.1, 0.15) is 165 Å². The summed E-state index contributed by atoms with van der Waals surface area (Å²) in [4.78, 5) is 65.3. The number of amides is 2. The van der Waals surface area contributed by atoms with E-state index in [4.69, 9.17) is 58.2 Å². The third kappa shape index (κ3) is 19.2. The van der Waals surface area contributed by atoms with Crippen molar-refractivity contribution in [3.63, 3.8) is 0 Å². The minimum Gasteiger partial charge on any atom is -0.507 e. The number of aliphatic carboxylic acids is 1. The molecular formula is C68H99N7O28. The number of aromatic hydroxyl groups is 2. The number of nitrogens with zero attached hydrogens (tertiary/aromatic N) is 4. The van der Waals surface area contributed by atoms with Gasteiger partial charge < -0.3 is 125 Å². The Hall–Kier alpha value is -6.40. The summed E-state index contributed by atoms with van der Waals surface area (Å²) in [7, 11) is 2.57. The van der Waals surface area contributed by atoms with Crippen LogP contribution in [0, 0.1) is 5.92 Å². The Bertz CT molecular complexity index is 3390. The summed E-state index contributed by atoms with van der Waals surface area (Å²) in [5.74, 6) is -4.94. The molecule has 1 aromatic heterocycles. The van der Waals surface area contributed by atoms with Gasteiger partial charge in [0.05, 0.1) is 86.5 Å². The first-order valence-electron chi connectivity index (χ1n) is 34.9. The Morgan fingerprint density at radius 3 is 1.93 bits per heavy atom. The highest BCUT2D eigenvalue weighted by Crippen LogP contribution is 2.53. The van der Waals surface area contributed by atoms with Crippen LogP contribution < -0.4 is 21.2 Å². The maximum absolute atomic E-state index is 14.2. The van der Waals surface area contributed by atoms with Crippen LogP contribution in [0.5, 0.6) is 17.2 Å². The molecule has 17 N–H and O–H groups in total. The van der Waals surface area contributed by atoms with Crippen molar-refractivity contribution in [2.45, 2.75) is 252 Å². The number of ether oxygens (including phenoxy) is 10. The number of unbranched alkanes of at least 4 members (excludes halogenated alkanes) is 6. The molecule has 3 aliphatic heterocycles. The first-order valence-corrected chi connectivity index (χ1v) is 34.9. The molecule has 6 unspecified atom stereocenters. The molecule has 2 aromatic carbocycles. The number of methoxy groups -OCH3 is 2. The van der Waals surface area contributed by atoms with E-state index in [1.807, 2.05) is 0 Å². The highest BCUT2D eigenvalue weighted by atomic mass is 16.7. The fourth-order valence-corrected chi connectivity index (χ4v) is 14.0. The number of benzene rings is 2. The Labute approximate surface area is 593 Å². The number of carboxylic acids is 1. The van der Waals surface area contributed by atoms with Crippen molar-refractivity contribution >= 4 is 35.1 Å². The average molecular weight is 1460 g/mol. The maximum atomic E-state index is 14.2. The van der Waals surface area contributed by atoms with Gasteiger partial charge >= 0.3 is 5.97 Å². The molecule has 21 atom stereocenters. The van der Waals surface area contributed by atoms with E-state index in [2.05, 4.69) is 26.2 Å². The van der Waals surface area contributed by atoms with Crippen LogP contribution in [0.2, 0.25) is 0 Å². The van der Waals surface area contributed by atoms with Gasteiger partial charge in [0.25, 0.3) is 0 Å². The Morgan fingerprint density at radius 1 is 0.699 bits per heavy atom. The summed E-state index contributed by atoms with van der Waals surface area (Å²) in [5, 5.41) is 158. The second-order valence-electron chi connectivity index (χ2n) is 27.3. The van der Waals surface area contributed by atoms with Gasteiger partial charge in [-0.15, -0.1) is 5.10 Å². The number of aliphatic hydroxyl groups excluding tert-OH is 9. The SMILES string of the molecule is COc1cccc2c1C(=O)c1c(O)c3c(c(O)c1C2=O)C[C@@](O)(/C(CO)=N/NC(=O)CCCCCn1cc(CNC(=O)CCCCCO[C@H]2[C@H](O)[C@@H](O)[C@@H](OC[C@H]4O[C@H](OC)[C@H](O)[C@@H](O)[C@@H]4OCCCCCC(=O)O)O[C@@H]2CO[C@H]2OC(C)[C@@H](O)[C@H](O)[C@H]2O)nn1)CC3OC1CC(C)C(O)C(N)C1. The standard InChI is InChI=1S/C68H99N7O28/c1-32-23-35(24-38(69)51(32)81)101-40-26-68(93,25-37-48(40)56(86)50-49(54(37)84)53(83)36-15-14-16-39(94-3)47(36)55(50)85)43(29-76)72-73-45(78)18-8-5-11-20-75-28-34(71-74-75)27-70-44(77)17-9-6-12-21-97-64-42(31-98-66-60(90)57(87)52(82)33(2)100-66)103-67(62(92)59(64)89)99-30-41-63(58(88)61(91)65(95-4)102-41)96-22-13-7-10-19-46(79)80/h14-16,28,32-33,35,38,40-42,51-52,57-67,76,81-82,84,86-93H,5-13,17-27,29-31,69H2,1-4H3,(H,70,77)(H,73,78)(H,79,80)/b72-43+/t32?,33?,35?,38?,40?,41-,42-,51?,52-,57+,58-,59-,60-,61-,62-,63-,64-,65+,66+,67+,68+/m1/s1. The lowest BCUT2D eigenvalue weighted by molar-refractivity contribution is -0.344. The largest absolute Gasteiger partial charge is 0.507 e. The van der Waals surface area contributed by atoms with E-state index in [0.717, 1.165) is 0 Å². The number of ketones is 2. The molecule has 2 amide bonds. The van der Waals surface area contributed by atoms with Crippen LogP contribution in [-0.2, 0) is 76.5 Å². The molecule has 4 fully saturated rings. The molecule has 3 aromatic rings. The van der Waals surface area contributed by atoms with Gasteiger partial charge in [-0.2, -0.15) is 5.10 Å². The van der Waals surface area contributed by atoms with Crippen molar-refractivity contribution in [3.05, 3.63) is 63.5 Å². The number of rotatable bonds is 35. The van der Waals surface area contributed by atoms with Gasteiger partial charge in [0.15, 0.2) is 24.7 Å². The second kappa shape index (κ2) is 36.7. The first kappa shape index (κ1) is 80.7. The Balaban J connectivity index is 0.714. The van der Waals surface area contributed by atoms with Crippen molar-refractivity contribution in [2.24, 2.45) is 16.8 Å². The first-order chi connectivity index (χ1) is 49.2. The third-order valence-electron chi connectivity index (χ3n) is 19.8. The number of nitrogens with one attached hydrogen (secondary N) is 2. The topological polar surface area (TPSA) is 534 Å². The number of fused-ring (bicyclic) bond motifs is 3. The number of aliphatic hydroxyl groups is 10. The summed E-state index contributed by atoms with van der Waals surface area (Å²) in [6.07, 6.45) is -18.7. The van der Waals surface area contributed by atoms with Crippen molar-refractivity contribution in [1.82, 2.24) is 25.7 Å². The number of aryl methyl sites for hydroxylation is 1. The van der Waals surface area contributed by atoms with Crippen molar-refractivity contribution in [3.8, 4) is 17.2 Å². The summed E-state index contributed by atoms with van der Waals surface area (Å²) in [6, 6.07) is 3.67. The minimum atomic E-state index is -2.16. The number of hydrogen-bond acceptors (Lipinski definition) is 31. The lowest BCUT2D eigenvalue weighted by Crippen LogP contribution is -2.63. The predicted octanol–water partition coefficient (Wildman–Crippen LogP) is -1.59. The van der Waals surface area contributed by atoms with Gasteiger partial charge in [-0.3, -0.25) is 28.7 Å². The van der Waals surface area contributed by atoms with Crippen molar-refractivity contribution in [2.75, 3.05) is 47.3 Å². The third-order valence-corrected chi connectivity index (χ3v) is 19.8. The number of hydrogen-bond donors (Lipinski definition) is 16. The molecule has 35 heteroatoms. The molecule has 0 spiro atoms. The molecule has 1 saturated carbocycles. The van der Waals surface area contributed by atoms with E-state index in [9.17, 15) is 85.3 Å². The summed E-state index contributed by atoms with van der Waals surface area (Å²) in [5.41, 5.74) is 5.29. The van der Waals surface area contributed by atoms with Crippen LogP contribution in [0.3, 0.4) is 0 Å². The monoisotopic (exact) mass is 1460 g/mol. The number of phenolic OH excluding ortho intramolecular Hbond substituents is 2. The van der Waals surface area contributed by atoms with E-state index in [0.29, 0.717) is 76.4 Å². The quantitative estimate of drug-likeness (QED) is 0.0107. The van der Waals surface area contributed by atoms with Crippen LogP contribution in [0.15, 0.2) is 29.5 Å². The fraction of sp³-hybridized carbons (Fsp3) is 0.706. The van der Waals surface area contributed by atoms with Crippen molar-refractivity contribution in [1.29, 1.82) is 0 Å². The van der Waals surface area contributed by atoms with Crippen molar-refractivity contribution < 1.29 is 138 Å². The molecule has 6 aliphatic rings. The number of hydrazone groups is 1. The average Bonchev–Trinajstić information content (AvgIpc) is 0.805. The van der Waals surface area contributed by atoms with E-state index < -0.39 is 201 Å². The van der Waals surface area contributed by atoms with Gasteiger partial charge in [-0.05, 0) is 70.3 Å². The number of carbonyl (C=O) groups is 5. The van der Waals surface area contributed by atoms with Gasteiger partial charge in [-0.25, -0.2) is 5.43 Å². The van der Waals surface area contributed by atoms with Gasteiger partial charge in [-0.1, -0.05) is 43.5 Å². The molecule has 4 heterocycles. The lowest BCUT2D eigenvalue weighted by atomic mass is 9.71. The molecule has 103 heavy (non-hydrogen) atoms. The minimum absolute atomic E-state index is 0.00577. The maximum Gasteiger partial charge on any atom is 0.303 e. The number of aromatic nitrogens is 3. The van der Waals surface area contributed by atoms with Crippen LogP contribution in [0.4, 0.5) is 0 Å². The Kier molecular flexibility index (Phi) is 28.8. The van der Waals surface area contributed by atoms with Crippen LogP contribution in [0.25, 0.3) is 0 Å². The zero-order chi connectivity index (χ0) is 74.6. The highest BCUT2D eigenvalue weighted by molar-refractivity contribution is 6.31. The number of carboxylic acid groups (broad SMARTS) is 1. The van der Waals surface area contributed by atoms with Crippen LogP contribution in [-0.4, -0.2) is 280 Å². The van der Waals surface area contributed by atoms with E-state index in [1.54, 1.807) is 17.8 Å². The van der Waals surface area contributed by atoms with E-state index in [1.165, 1.54) is 39.3 Å². The summed E-state index contributed by atoms with van der Waals surface area (Å²) >= 11 is 0. The fourth-order valence-electron chi connectivity index (χ4n) is 14.0. The number of nitrogens with two attached hydrogens (primary N) is 1. The summed E-state index contributed by atoms with van der Waals surface area (Å²) < 4.78 is 60.0. The smallest absolute Gasteiger partial charge is 0.303 e. The van der Waals surface area contributed by atoms with Gasteiger partial charge in [0, 0.05) is 81.7 Å². The molecule has 574 valence electrons. The van der Waals surface area contributed by atoms with E-state index in [-0.39, 0.29) is 91.0 Å². The summed E-state index contributed by atoms with van der Waals surface area (Å²) in [6.45, 7) is 2.03. The second-order valence-corrected chi connectivity index (χ2v) is 27.3. The zero-order valence-corrected chi connectivity index (χ0v) is 57.9. The van der Waals surface area contributed by atoms with E-state index >= 15 is 0 Å². The molecule has 35 nitrogen and oxygen atoms in total. The normalized spacial score (nSPS) is 32.3. The molecule has 3 aliphatic carbocycles. The van der Waals surface area contributed by atoms with Gasteiger partial charge in [0.2, 0.25) is 17.6 Å². The molecule has 0 bridgehead atoms. The molecule has 3 saturated heterocycles. The van der Waals surface area contributed by atoms with Gasteiger partial charge in [0.1, 0.15) is 95.7 Å². The number of carbonyl (C=O) groups excluding carboxylic acids is 4. The molecule has 9 rings (SSSR count). The van der Waals surface area contributed by atoms with Crippen LogP contribution >= 0.6 is 0 Å². The lowest BCUT2D eigenvalue weighted by Gasteiger charge is -2.45. The predicted molar refractivity (Wildman–Crippen MR) is 353 cm³/mol. The zero-order valence-electron chi connectivity index (χ0n) is 57.9. The number of phenols is 2. The molecule has 0 radical (unpaired) electrons.